The molecule has 0 saturated carbocycles. The lowest BCUT2D eigenvalue weighted by Gasteiger charge is -2.08. The van der Waals surface area contributed by atoms with Gasteiger partial charge in [-0.2, -0.15) is 5.26 Å². The van der Waals surface area contributed by atoms with Crippen LogP contribution in [-0.4, -0.2) is 19.6 Å². The van der Waals surface area contributed by atoms with Crippen LogP contribution >= 0.6 is 0 Å². The van der Waals surface area contributed by atoms with Gasteiger partial charge >= 0.3 is 0 Å². The minimum absolute atomic E-state index is 0.163. The van der Waals surface area contributed by atoms with Crippen molar-refractivity contribution < 1.29 is 14.3 Å². The molecule has 0 aliphatic heterocycles. The van der Waals surface area contributed by atoms with Gasteiger partial charge in [-0.15, -0.1) is 0 Å². The third kappa shape index (κ3) is 4.53. The number of rotatable bonds is 6. The lowest BCUT2D eigenvalue weighted by atomic mass is 10.2. The maximum atomic E-state index is 11.8. The number of carbonyl (C=O) groups is 1. The molecule has 5 heteroatoms. The van der Waals surface area contributed by atoms with E-state index >= 15 is 0 Å². The molecule has 22 heavy (non-hydrogen) atoms. The van der Waals surface area contributed by atoms with Crippen LogP contribution in [0.3, 0.4) is 0 Å². The Kier molecular flexibility index (Phi) is 5.38. The number of benzene rings is 2. The van der Waals surface area contributed by atoms with E-state index in [0.29, 0.717) is 17.0 Å². The van der Waals surface area contributed by atoms with E-state index in [9.17, 15) is 4.79 Å². The molecule has 0 radical (unpaired) electrons. The first-order chi connectivity index (χ1) is 10.7. The SMILES string of the molecule is COc1ccc(OCCC(=O)Nc2cccc(C#N)c2)cc1. The minimum Gasteiger partial charge on any atom is -0.497 e. The molecular formula is C17H16N2O3. The van der Waals surface area contributed by atoms with E-state index in [-0.39, 0.29) is 18.9 Å². The lowest BCUT2D eigenvalue weighted by molar-refractivity contribution is -0.116. The van der Waals surface area contributed by atoms with Crippen LogP contribution in [0.5, 0.6) is 11.5 Å². The smallest absolute Gasteiger partial charge is 0.227 e. The van der Waals surface area contributed by atoms with E-state index in [0.717, 1.165) is 5.75 Å². The summed E-state index contributed by atoms with van der Waals surface area (Å²) in [7, 11) is 1.60. The minimum atomic E-state index is -0.163. The standard InChI is InChI=1S/C17H16N2O3/c1-21-15-5-7-16(8-6-15)22-10-9-17(20)19-14-4-2-3-13(11-14)12-18/h2-8,11H,9-10H2,1H3,(H,19,20). The average Bonchev–Trinajstić information content (AvgIpc) is 2.55. The number of hydrogen-bond donors (Lipinski definition) is 1. The molecule has 5 nitrogen and oxygen atoms in total. The van der Waals surface area contributed by atoms with Crippen molar-refractivity contribution in [2.45, 2.75) is 6.42 Å². The van der Waals surface area contributed by atoms with Crippen LogP contribution < -0.4 is 14.8 Å². The summed E-state index contributed by atoms with van der Waals surface area (Å²) in [6.07, 6.45) is 0.225. The van der Waals surface area contributed by atoms with Gasteiger partial charge in [-0.05, 0) is 42.5 Å². The van der Waals surface area contributed by atoms with E-state index in [1.54, 1.807) is 55.6 Å². The maximum Gasteiger partial charge on any atom is 0.227 e. The summed E-state index contributed by atoms with van der Waals surface area (Å²) in [5.74, 6) is 1.27. The van der Waals surface area contributed by atoms with Crippen molar-refractivity contribution in [2.75, 3.05) is 19.0 Å². The number of methoxy groups -OCH3 is 1. The fourth-order valence-electron chi connectivity index (χ4n) is 1.82. The Bertz CT molecular complexity index is 675. The fourth-order valence-corrected chi connectivity index (χ4v) is 1.82. The van der Waals surface area contributed by atoms with Gasteiger partial charge in [0.25, 0.3) is 0 Å². The topological polar surface area (TPSA) is 71.3 Å². The second-order valence-electron chi connectivity index (χ2n) is 4.51. The number of hydrogen-bond acceptors (Lipinski definition) is 4. The molecule has 0 aliphatic rings. The van der Waals surface area contributed by atoms with Crippen LogP contribution in [0.25, 0.3) is 0 Å². The van der Waals surface area contributed by atoms with E-state index in [1.165, 1.54) is 0 Å². The monoisotopic (exact) mass is 296 g/mol. The van der Waals surface area contributed by atoms with Crippen molar-refractivity contribution in [2.24, 2.45) is 0 Å². The van der Waals surface area contributed by atoms with Crippen molar-refractivity contribution in [3.05, 3.63) is 54.1 Å². The molecule has 0 heterocycles. The Morgan fingerprint density at radius 3 is 2.59 bits per heavy atom. The first kappa shape index (κ1) is 15.4. The number of carbonyl (C=O) groups excluding carboxylic acids is 1. The Hall–Kier alpha value is -3.00. The Morgan fingerprint density at radius 2 is 1.91 bits per heavy atom. The van der Waals surface area contributed by atoms with Gasteiger partial charge in [0.1, 0.15) is 11.5 Å². The summed E-state index contributed by atoms with van der Waals surface area (Å²) in [6.45, 7) is 0.274. The molecule has 0 unspecified atom stereocenters. The summed E-state index contributed by atoms with van der Waals surface area (Å²) in [5, 5.41) is 11.5. The predicted octanol–water partition coefficient (Wildman–Crippen LogP) is 2.97. The van der Waals surface area contributed by atoms with Crippen LogP contribution in [-0.2, 0) is 4.79 Å². The summed E-state index contributed by atoms with van der Waals surface area (Å²) in [4.78, 5) is 11.8. The van der Waals surface area contributed by atoms with Gasteiger partial charge < -0.3 is 14.8 Å². The van der Waals surface area contributed by atoms with Crippen LogP contribution in [0.2, 0.25) is 0 Å². The molecule has 0 atom stereocenters. The summed E-state index contributed by atoms with van der Waals surface area (Å²) in [5.41, 5.74) is 1.11. The third-order valence-corrected chi connectivity index (χ3v) is 2.93. The number of amides is 1. The Labute approximate surface area is 129 Å². The average molecular weight is 296 g/mol. The van der Waals surface area contributed by atoms with Crippen LogP contribution in [0.1, 0.15) is 12.0 Å². The number of nitriles is 1. The van der Waals surface area contributed by atoms with Gasteiger partial charge in [0.05, 0.1) is 31.8 Å². The van der Waals surface area contributed by atoms with Gasteiger partial charge in [0.15, 0.2) is 0 Å². The van der Waals surface area contributed by atoms with Gasteiger partial charge in [-0.25, -0.2) is 0 Å². The van der Waals surface area contributed by atoms with Crippen LogP contribution in [0.4, 0.5) is 5.69 Å². The zero-order valence-electron chi connectivity index (χ0n) is 12.2. The van der Waals surface area contributed by atoms with Crippen molar-refractivity contribution in [1.29, 1.82) is 5.26 Å². The second kappa shape index (κ2) is 7.70. The van der Waals surface area contributed by atoms with E-state index < -0.39 is 0 Å². The first-order valence-corrected chi connectivity index (χ1v) is 6.78. The molecule has 2 aromatic rings. The summed E-state index contributed by atoms with van der Waals surface area (Å²) < 4.78 is 10.5. The van der Waals surface area contributed by atoms with E-state index in [4.69, 9.17) is 14.7 Å². The highest BCUT2D eigenvalue weighted by Crippen LogP contribution is 2.17. The van der Waals surface area contributed by atoms with Gasteiger partial charge in [0, 0.05) is 5.69 Å². The zero-order chi connectivity index (χ0) is 15.8. The number of nitrogens with one attached hydrogen (secondary N) is 1. The van der Waals surface area contributed by atoms with Gasteiger partial charge in [-0.1, -0.05) is 6.07 Å². The normalized spacial score (nSPS) is 9.64. The Morgan fingerprint density at radius 1 is 1.18 bits per heavy atom. The zero-order valence-corrected chi connectivity index (χ0v) is 12.2. The maximum absolute atomic E-state index is 11.8. The molecule has 0 fully saturated rings. The first-order valence-electron chi connectivity index (χ1n) is 6.78. The lowest BCUT2D eigenvalue weighted by Crippen LogP contribution is -2.15. The highest BCUT2D eigenvalue weighted by Gasteiger charge is 2.04. The van der Waals surface area contributed by atoms with E-state index in [1.807, 2.05) is 6.07 Å². The third-order valence-electron chi connectivity index (χ3n) is 2.93. The number of ether oxygens (including phenoxy) is 2. The van der Waals surface area contributed by atoms with Crippen LogP contribution in [0.15, 0.2) is 48.5 Å². The second-order valence-corrected chi connectivity index (χ2v) is 4.51. The molecule has 1 amide bonds. The van der Waals surface area contributed by atoms with Gasteiger partial charge in [-0.3, -0.25) is 4.79 Å². The fraction of sp³-hybridized carbons (Fsp3) is 0.176. The van der Waals surface area contributed by atoms with Crippen molar-refractivity contribution >= 4 is 11.6 Å². The molecule has 2 aromatic carbocycles. The molecule has 0 aromatic heterocycles. The van der Waals surface area contributed by atoms with Crippen LogP contribution in [0, 0.1) is 11.3 Å². The van der Waals surface area contributed by atoms with E-state index in [2.05, 4.69) is 5.32 Å². The molecular weight excluding hydrogens is 280 g/mol. The quantitative estimate of drug-likeness (QED) is 0.889. The molecule has 2 rings (SSSR count). The molecule has 0 aliphatic carbocycles. The number of anilines is 1. The molecule has 0 spiro atoms. The number of nitrogens with zero attached hydrogens (tertiary/aromatic N) is 1. The summed E-state index contributed by atoms with van der Waals surface area (Å²) in [6, 6.07) is 16.0. The highest BCUT2D eigenvalue weighted by molar-refractivity contribution is 5.90. The molecule has 0 bridgehead atoms. The molecule has 112 valence electrons. The Balaban J connectivity index is 1.78. The predicted molar refractivity (Wildman–Crippen MR) is 82.9 cm³/mol. The van der Waals surface area contributed by atoms with Crippen molar-refractivity contribution in [3.63, 3.8) is 0 Å². The van der Waals surface area contributed by atoms with Crippen molar-refractivity contribution in [3.8, 4) is 17.6 Å². The largest absolute Gasteiger partial charge is 0.497 e. The van der Waals surface area contributed by atoms with Crippen molar-refractivity contribution in [1.82, 2.24) is 0 Å². The highest BCUT2D eigenvalue weighted by atomic mass is 16.5. The van der Waals surface area contributed by atoms with Gasteiger partial charge in [0.2, 0.25) is 5.91 Å². The summed E-state index contributed by atoms with van der Waals surface area (Å²) >= 11 is 0. The molecule has 1 N–H and O–H groups in total. The molecule has 0 saturated heterocycles.